The molecule has 1 N–H and O–H groups in total. The average molecular weight is 498 g/mol. The molecular weight excluding hydrogens is 484 g/mol. The van der Waals surface area contributed by atoms with Gasteiger partial charge in [0.25, 0.3) is 11.6 Å². The van der Waals surface area contributed by atoms with Gasteiger partial charge in [-0.25, -0.2) is 4.68 Å². The fourth-order valence-electron chi connectivity index (χ4n) is 2.48. The quantitative estimate of drug-likeness (QED) is 0.425. The Morgan fingerprint density at radius 2 is 1.89 bits per heavy atom. The summed E-state index contributed by atoms with van der Waals surface area (Å²) in [5, 5.41) is 22.2. The number of nitrogens with one attached hydrogen (secondary N) is 1. The smallest absolute Gasteiger partial charge is 0.276 e. The minimum Gasteiger partial charge on any atom is -0.319 e. The highest BCUT2D eigenvalue weighted by molar-refractivity contribution is 9.11. The Bertz CT molecular complexity index is 1020. The molecular formula is C16H14Br2N6O3. The summed E-state index contributed by atoms with van der Waals surface area (Å²) < 4.78 is 4.17. The van der Waals surface area contributed by atoms with E-state index >= 15 is 0 Å². The number of hydrogen-bond donors (Lipinski definition) is 1. The average Bonchev–Trinajstić information content (AvgIpc) is 3.17. The lowest BCUT2D eigenvalue weighted by Crippen LogP contribution is -2.16. The van der Waals surface area contributed by atoms with Crippen molar-refractivity contribution in [2.45, 2.75) is 20.5 Å². The molecule has 140 valence electrons. The molecule has 0 spiro atoms. The van der Waals surface area contributed by atoms with Crippen LogP contribution in [-0.2, 0) is 6.67 Å². The van der Waals surface area contributed by atoms with Crippen molar-refractivity contribution >= 4 is 49.1 Å². The fourth-order valence-corrected chi connectivity index (χ4v) is 3.84. The molecule has 1 amide bonds. The van der Waals surface area contributed by atoms with Crippen LogP contribution >= 0.6 is 31.9 Å². The number of halogens is 2. The molecule has 2 aromatic heterocycles. The summed E-state index contributed by atoms with van der Waals surface area (Å²) in [4.78, 5) is 22.9. The van der Waals surface area contributed by atoms with Gasteiger partial charge >= 0.3 is 0 Å². The van der Waals surface area contributed by atoms with Gasteiger partial charge in [0, 0.05) is 33.0 Å². The Morgan fingerprint density at radius 3 is 2.44 bits per heavy atom. The van der Waals surface area contributed by atoms with Crippen molar-refractivity contribution in [3.05, 3.63) is 66.6 Å². The number of amides is 1. The van der Waals surface area contributed by atoms with Gasteiger partial charge in [-0.05, 0) is 57.8 Å². The van der Waals surface area contributed by atoms with Gasteiger partial charge in [-0.2, -0.15) is 10.2 Å². The summed E-state index contributed by atoms with van der Waals surface area (Å²) in [6, 6.07) is 6.19. The van der Waals surface area contributed by atoms with Gasteiger partial charge in [0.05, 0.1) is 16.3 Å². The van der Waals surface area contributed by atoms with Crippen LogP contribution in [0.4, 0.5) is 11.4 Å². The largest absolute Gasteiger partial charge is 0.319 e. The van der Waals surface area contributed by atoms with Crippen LogP contribution < -0.4 is 5.32 Å². The van der Waals surface area contributed by atoms with E-state index in [-0.39, 0.29) is 11.4 Å². The number of nitrogens with zero attached hydrogens (tertiary/aromatic N) is 5. The molecule has 0 aliphatic rings. The minimum atomic E-state index is -0.512. The second-order valence-corrected chi connectivity index (χ2v) is 7.51. The fraction of sp³-hybridized carbons (Fsp3) is 0.188. The molecule has 0 aliphatic heterocycles. The molecule has 0 atom stereocenters. The summed E-state index contributed by atoms with van der Waals surface area (Å²) in [7, 11) is 0. The van der Waals surface area contributed by atoms with Crippen molar-refractivity contribution in [2.24, 2.45) is 0 Å². The summed E-state index contributed by atoms with van der Waals surface area (Å²) >= 11 is 6.48. The Hall–Kier alpha value is -2.53. The van der Waals surface area contributed by atoms with Gasteiger partial charge in [0.2, 0.25) is 0 Å². The lowest BCUT2D eigenvalue weighted by atomic mass is 10.2. The molecule has 27 heavy (non-hydrogen) atoms. The molecule has 0 saturated carbocycles. The maximum Gasteiger partial charge on any atom is 0.276 e. The van der Waals surface area contributed by atoms with Gasteiger partial charge in [-0.1, -0.05) is 0 Å². The number of carbonyl (C=O) groups excluding carboxylic acids is 1. The topological polar surface area (TPSA) is 108 Å². The van der Waals surface area contributed by atoms with Crippen LogP contribution in [0.5, 0.6) is 0 Å². The van der Waals surface area contributed by atoms with E-state index in [9.17, 15) is 14.9 Å². The number of aromatic nitrogens is 4. The highest BCUT2D eigenvalue weighted by Crippen LogP contribution is 2.35. The van der Waals surface area contributed by atoms with Crippen LogP contribution in [0.1, 0.15) is 21.9 Å². The molecule has 9 nitrogen and oxygen atoms in total. The summed E-state index contributed by atoms with van der Waals surface area (Å²) in [5.74, 6) is -0.433. The van der Waals surface area contributed by atoms with Gasteiger partial charge in [-0.15, -0.1) is 0 Å². The number of carbonyl (C=O) groups is 1. The standard InChI is InChI=1S/C16H14Br2N6O3/c1-9-5-10(2)23(20-9)8-22-4-3-14(21-22)16(25)19-15-12(17)6-11(24(26)27)7-13(15)18/h3-7H,8H2,1-2H3,(H,19,25). The number of benzene rings is 1. The van der Waals surface area contributed by atoms with Gasteiger partial charge in [-0.3, -0.25) is 19.6 Å². The maximum atomic E-state index is 12.5. The van der Waals surface area contributed by atoms with Crippen LogP contribution in [0.15, 0.2) is 39.4 Å². The zero-order valence-electron chi connectivity index (χ0n) is 14.3. The highest BCUT2D eigenvalue weighted by atomic mass is 79.9. The molecule has 0 aliphatic carbocycles. The number of aryl methyl sites for hydroxylation is 2. The van der Waals surface area contributed by atoms with Gasteiger partial charge in [0.1, 0.15) is 6.67 Å². The molecule has 1 aromatic carbocycles. The van der Waals surface area contributed by atoms with E-state index in [0.717, 1.165) is 11.4 Å². The first-order valence-corrected chi connectivity index (χ1v) is 9.32. The molecule has 0 saturated heterocycles. The lowest BCUT2D eigenvalue weighted by molar-refractivity contribution is -0.385. The molecule has 2 heterocycles. The van der Waals surface area contributed by atoms with E-state index in [2.05, 4.69) is 47.4 Å². The molecule has 11 heteroatoms. The highest BCUT2D eigenvalue weighted by Gasteiger charge is 2.18. The molecule has 0 radical (unpaired) electrons. The Labute approximate surface area is 170 Å². The normalized spacial score (nSPS) is 10.8. The number of rotatable bonds is 5. The summed E-state index contributed by atoms with van der Waals surface area (Å²) in [6.45, 7) is 4.24. The van der Waals surface area contributed by atoms with Gasteiger partial charge < -0.3 is 5.32 Å². The minimum absolute atomic E-state index is 0.0964. The second kappa shape index (κ2) is 7.61. The summed E-state index contributed by atoms with van der Waals surface area (Å²) in [5.41, 5.74) is 2.41. The molecule has 0 fully saturated rings. The van der Waals surface area contributed by atoms with Crippen LogP contribution in [0.25, 0.3) is 0 Å². The van der Waals surface area contributed by atoms with Crippen LogP contribution in [0, 0.1) is 24.0 Å². The van der Waals surface area contributed by atoms with Crippen molar-refractivity contribution < 1.29 is 9.72 Å². The van der Waals surface area contributed by atoms with E-state index in [1.807, 2.05) is 19.9 Å². The zero-order valence-corrected chi connectivity index (χ0v) is 17.5. The monoisotopic (exact) mass is 496 g/mol. The van der Waals surface area contributed by atoms with E-state index in [1.54, 1.807) is 21.6 Å². The van der Waals surface area contributed by atoms with Crippen molar-refractivity contribution in [3.63, 3.8) is 0 Å². The molecule has 3 aromatic rings. The van der Waals surface area contributed by atoms with Gasteiger partial charge in [0.15, 0.2) is 5.69 Å². The predicted octanol–water partition coefficient (Wildman–Crippen LogP) is 3.89. The van der Waals surface area contributed by atoms with E-state index in [4.69, 9.17) is 0 Å². The second-order valence-electron chi connectivity index (χ2n) is 5.80. The first-order valence-electron chi connectivity index (χ1n) is 7.74. The third-order valence-corrected chi connectivity index (χ3v) is 4.98. The number of nitro benzene ring substituents is 1. The Kier molecular flexibility index (Phi) is 5.42. The maximum absolute atomic E-state index is 12.5. The third-order valence-electron chi connectivity index (χ3n) is 3.73. The molecule has 3 rings (SSSR count). The zero-order chi connectivity index (χ0) is 19.7. The van der Waals surface area contributed by atoms with Crippen molar-refractivity contribution in [1.82, 2.24) is 19.6 Å². The van der Waals surface area contributed by atoms with E-state index in [0.29, 0.717) is 21.3 Å². The van der Waals surface area contributed by atoms with Crippen molar-refractivity contribution in [2.75, 3.05) is 5.32 Å². The van der Waals surface area contributed by atoms with Crippen LogP contribution in [0.2, 0.25) is 0 Å². The predicted molar refractivity (Wildman–Crippen MR) is 106 cm³/mol. The molecule has 0 bridgehead atoms. The third kappa shape index (κ3) is 4.25. The number of anilines is 1. The Balaban J connectivity index is 1.77. The molecule has 0 unspecified atom stereocenters. The first-order chi connectivity index (χ1) is 12.7. The Morgan fingerprint density at radius 1 is 1.22 bits per heavy atom. The SMILES string of the molecule is Cc1cc(C)n(Cn2ccc(C(=O)Nc3c(Br)cc([N+](=O)[O-])cc3Br)n2)n1. The van der Waals surface area contributed by atoms with Crippen LogP contribution in [0.3, 0.4) is 0 Å². The number of hydrogen-bond acceptors (Lipinski definition) is 5. The van der Waals surface area contributed by atoms with E-state index in [1.165, 1.54) is 12.1 Å². The van der Waals surface area contributed by atoms with Crippen molar-refractivity contribution in [3.8, 4) is 0 Å². The number of nitro groups is 1. The van der Waals surface area contributed by atoms with Crippen LogP contribution in [-0.4, -0.2) is 30.4 Å². The van der Waals surface area contributed by atoms with Crippen molar-refractivity contribution in [1.29, 1.82) is 0 Å². The number of non-ortho nitro benzene ring substituents is 1. The lowest BCUT2D eigenvalue weighted by Gasteiger charge is -2.08. The summed E-state index contributed by atoms with van der Waals surface area (Å²) in [6.07, 6.45) is 1.69. The van der Waals surface area contributed by atoms with E-state index < -0.39 is 10.8 Å². The first kappa shape index (κ1) is 19.2.